The topological polar surface area (TPSA) is 52.3 Å². The van der Waals surface area contributed by atoms with Crippen molar-refractivity contribution >= 4 is 17.6 Å². The first kappa shape index (κ1) is 12.9. The van der Waals surface area contributed by atoms with Crippen molar-refractivity contribution in [1.29, 1.82) is 0 Å². The minimum Gasteiger partial charge on any atom is -0.466 e. The zero-order valence-electron chi connectivity index (χ0n) is 7.27. The molecule has 0 saturated carbocycles. The van der Waals surface area contributed by atoms with Crippen molar-refractivity contribution in [2.45, 2.75) is 13.8 Å². The number of rotatable bonds is 1. The highest BCUT2D eigenvalue weighted by Gasteiger charge is 2.03. The summed E-state index contributed by atoms with van der Waals surface area (Å²) < 4.78 is 4.40. The van der Waals surface area contributed by atoms with E-state index in [0.29, 0.717) is 11.3 Å². The SMILES string of the molecule is CCl.COC(=O)C(C)=C(C)N. The van der Waals surface area contributed by atoms with Gasteiger partial charge >= 0.3 is 5.97 Å². The quantitative estimate of drug-likeness (QED) is 0.375. The third-order valence-corrected chi connectivity index (χ3v) is 1.08. The Hall–Kier alpha value is -0.700. The summed E-state index contributed by atoms with van der Waals surface area (Å²) in [6.45, 7) is 3.29. The molecule has 0 unspecified atom stereocenters. The maximum absolute atomic E-state index is 10.6. The van der Waals surface area contributed by atoms with Gasteiger partial charge < -0.3 is 10.5 Å². The van der Waals surface area contributed by atoms with Crippen molar-refractivity contribution in [3.8, 4) is 0 Å². The van der Waals surface area contributed by atoms with Gasteiger partial charge in [-0.05, 0) is 13.8 Å². The Balaban J connectivity index is 0. The van der Waals surface area contributed by atoms with E-state index in [1.54, 1.807) is 13.8 Å². The molecule has 0 aliphatic rings. The lowest BCUT2D eigenvalue weighted by Gasteiger charge is -1.98. The summed E-state index contributed by atoms with van der Waals surface area (Å²) in [6, 6.07) is 0. The molecule has 0 bridgehead atoms. The molecular weight excluding hydrogens is 166 g/mol. The standard InChI is InChI=1S/C6H11NO2.CH3Cl/c1-4(5(2)7)6(8)9-3;1-2/h7H2,1-3H3;1H3. The number of nitrogens with two attached hydrogens (primary N) is 1. The third-order valence-electron chi connectivity index (χ3n) is 1.08. The molecule has 4 heteroatoms. The zero-order valence-corrected chi connectivity index (χ0v) is 8.03. The molecule has 3 nitrogen and oxygen atoms in total. The highest BCUT2D eigenvalue weighted by molar-refractivity contribution is 6.15. The Kier molecular flexibility index (Phi) is 8.71. The van der Waals surface area contributed by atoms with E-state index in [0.717, 1.165) is 0 Å². The van der Waals surface area contributed by atoms with E-state index < -0.39 is 0 Å². The zero-order chi connectivity index (χ0) is 9.44. The number of esters is 1. The van der Waals surface area contributed by atoms with Crippen molar-refractivity contribution in [3.63, 3.8) is 0 Å². The molecule has 0 fully saturated rings. The van der Waals surface area contributed by atoms with Gasteiger partial charge in [-0.15, -0.1) is 11.6 Å². The second-order valence-corrected chi connectivity index (χ2v) is 1.80. The van der Waals surface area contributed by atoms with E-state index in [2.05, 4.69) is 16.3 Å². The van der Waals surface area contributed by atoms with Crippen LogP contribution >= 0.6 is 11.6 Å². The van der Waals surface area contributed by atoms with Crippen LogP contribution in [-0.4, -0.2) is 19.5 Å². The molecule has 0 aliphatic carbocycles. The van der Waals surface area contributed by atoms with Crippen molar-refractivity contribution < 1.29 is 9.53 Å². The fourth-order valence-electron chi connectivity index (χ4n) is 0.314. The van der Waals surface area contributed by atoms with E-state index in [1.165, 1.54) is 13.5 Å². The summed E-state index contributed by atoms with van der Waals surface area (Å²) in [6.07, 6.45) is 1.47. The number of halogens is 1. The van der Waals surface area contributed by atoms with E-state index in [1.807, 2.05) is 0 Å². The van der Waals surface area contributed by atoms with Crippen LogP contribution in [0, 0.1) is 0 Å². The molecule has 0 aliphatic heterocycles. The van der Waals surface area contributed by atoms with E-state index in [-0.39, 0.29) is 5.97 Å². The van der Waals surface area contributed by atoms with Gasteiger partial charge in [0, 0.05) is 12.1 Å². The van der Waals surface area contributed by atoms with Crippen LogP contribution in [0.4, 0.5) is 0 Å². The molecular formula is C7H14ClNO2. The van der Waals surface area contributed by atoms with Crippen LogP contribution in [0.2, 0.25) is 0 Å². The van der Waals surface area contributed by atoms with Gasteiger partial charge in [0.2, 0.25) is 0 Å². The molecule has 0 atom stereocenters. The van der Waals surface area contributed by atoms with Crippen LogP contribution in [-0.2, 0) is 9.53 Å². The second kappa shape index (κ2) is 7.41. The number of alkyl halides is 1. The van der Waals surface area contributed by atoms with Crippen LogP contribution in [0.5, 0.6) is 0 Å². The fourth-order valence-corrected chi connectivity index (χ4v) is 0.314. The lowest BCUT2D eigenvalue weighted by Crippen LogP contribution is -2.07. The first-order chi connectivity index (χ1) is 5.09. The predicted octanol–water partition coefficient (Wildman–Crippen LogP) is 1.27. The summed E-state index contributed by atoms with van der Waals surface area (Å²) in [7, 11) is 1.33. The molecule has 0 aromatic heterocycles. The van der Waals surface area contributed by atoms with Gasteiger partial charge in [-0.1, -0.05) is 0 Å². The number of carbonyl (C=O) groups is 1. The Morgan fingerprint density at radius 3 is 1.82 bits per heavy atom. The van der Waals surface area contributed by atoms with Crippen LogP contribution in [0.1, 0.15) is 13.8 Å². The van der Waals surface area contributed by atoms with Crippen LogP contribution < -0.4 is 5.73 Å². The predicted molar refractivity (Wildman–Crippen MR) is 46.4 cm³/mol. The van der Waals surface area contributed by atoms with E-state index >= 15 is 0 Å². The van der Waals surface area contributed by atoms with Gasteiger partial charge in [0.1, 0.15) is 0 Å². The van der Waals surface area contributed by atoms with E-state index in [9.17, 15) is 4.79 Å². The number of hydrogen-bond donors (Lipinski definition) is 1. The molecule has 0 radical (unpaired) electrons. The maximum atomic E-state index is 10.6. The molecule has 11 heavy (non-hydrogen) atoms. The first-order valence-corrected chi connectivity index (χ1v) is 3.74. The van der Waals surface area contributed by atoms with Gasteiger partial charge in [-0.25, -0.2) is 4.79 Å². The largest absolute Gasteiger partial charge is 0.466 e. The Labute approximate surface area is 72.2 Å². The van der Waals surface area contributed by atoms with Crippen molar-refractivity contribution in [1.82, 2.24) is 0 Å². The molecule has 0 rings (SSSR count). The van der Waals surface area contributed by atoms with Crippen LogP contribution in [0.25, 0.3) is 0 Å². The number of allylic oxidation sites excluding steroid dienone is 1. The molecule has 0 saturated heterocycles. The van der Waals surface area contributed by atoms with Gasteiger partial charge in [0.25, 0.3) is 0 Å². The van der Waals surface area contributed by atoms with Crippen LogP contribution in [0.3, 0.4) is 0 Å². The third kappa shape index (κ3) is 5.73. The normalized spacial score (nSPS) is 10.6. The average Bonchev–Trinajstić information content (AvgIpc) is 2.05. The Morgan fingerprint density at radius 1 is 1.36 bits per heavy atom. The van der Waals surface area contributed by atoms with Gasteiger partial charge in [-0.3, -0.25) is 0 Å². The summed E-state index contributed by atoms with van der Waals surface area (Å²) >= 11 is 4.64. The number of hydrogen-bond acceptors (Lipinski definition) is 3. The minimum absolute atomic E-state index is 0.366. The Morgan fingerprint density at radius 2 is 1.73 bits per heavy atom. The maximum Gasteiger partial charge on any atom is 0.335 e. The lowest BCUT2D eigenvalue weighted by molar-refractivity contribution is -0.136. The molecule has 0 aromatic carbocycles. The highest BCUT2D eigenvalue weighted by atomic mass is 35.5. The monoisotopic (exact) mass is 179 g/mol. The lowest BCUT2D eigenvalue weighted by atomic mass is 10.2. The Bertz CT molecular complexity index is 151. The van der Waals surface area contributed by atoms with Crippen molar-refractivity contribution in [3.05, 3.63) is 11.3 Å². The summed E-state index contributed by atoms with van der Waals surface area (Å²) in [4.78, 5) is 10.6. The minimum atomic E-state index is -0.366. The summed E-state index contributed by atoms with van der Waals surface area (Å²) in [5.74, 6) is -0.366. The fraction of sp³-hybridized carbons (Fsp3) is 0.571. The van der Waals surface area contributed by atoms with Crippen molar-refractivity contribution in [2.24, 2.45) is 5.73 Å². The van der Waals surface area contributed by atoms with Gasteiger partial charge in [0.05, 0.1) is 12.7 Å². The summed E-state index contributed by atoms with van der Waals surface area (Å²) in [5, 5.41) is 0. The number of carbonyl (C=O) groups excluding carboxylic acids is 1. The van der Waals surface area contributed by atoms with E-state index in [4.69, 9.17) is 5.73 Å². The highest BCUT2D eigenvalue weighted by Crippen LogP contribution is 1.97. The molecule has 0 amide bonds. The molecule has 0 aromatic rings. The average molecular weight is 180 g/mol. The molecule has 0 heterocycles. The molecule has 0 spiro atoms. The van der Waals surface area contributed by atoms with Crippen molar-refractivity contribution in [2.75, 3.05) is 13.5 Å². The summed E-state index contributed by atoms with van der Waals surface area (Å²) in [5.41, 5.74) is 6.26. The second-order valence-electron chi connectivity index (χ2n) is 1.80. The molecule has 2 N–H and O–H groups in total. The van der Waals surface area contributed by atoms with Crippen LogP contribution in [0.15, 0.2) is 11.3 Å². The van der Waals surface area contributed by atoms with Gasteiger partial charge in [0.15, 0.2) is 0 Å². The number of methoxy groups -OCH3 is 1. The van der Waals surface area contributed by atoms with Gasteiger partial charge in [-0.2, -0.15) is 0 Å². The smallest absolute Gasteiger partial charge is 0.335 e. The first-order valence-electron chi connectivity index (χ1n) is 2.98. The molecule has 66 valence electrons. The number of ether oxygens (including phenoxy) is 1.